The van der Waals surface area contributed by atoms with Crippen molar-refractivity contribution < 1.29 is 23.5 Å². The van der Waals surface area contributed by atoms with Gasteiger partial charge in [0.05, 0.1) is 9.93 Å². The van der Waals surface area contributed by atoms with Crippen LogP contribution in [0.15, 0.2) is 41.3 Å². The molecule has 0 bridgehead atoms. The van der Waals surface area contributed by atoms with Crippen LogP contribution in [0.3, 0.4) is 0 Å². The summed E-state index contributed by atoms with van der Waals surface area (Å²) in [6, 6.07) is 9.40. The van der Waals surface area contributed by atoms with Gasteiger partial charge in [-0.15, -0.1) is 0 Å². The number of hydrogen-bond donors (Lipinski definition) is 1. The van der Waals surface area contributed by atoms with E-state index >= 15 is 0 Å². The monoisotopic (exact) mass is 478 g/mol. The molecule has 0 radical (unpaired) electrons. The fraction of sp³-hybridized carbons (Fsp3) is 0.190. The van der Waals surface area contributed by atoms with E-state index in [1.807, 2.05) is 6.07 Å². The van der Waals surface area contributed by atoms with Crippen molar-refractivity contribution in [1.82, 2.24) is 4.90 Å². The molecule has 1 fully saturated rings. The number of fused-ring (bicyclic) bond motifs is 1. The van der Waals surface area contributed by atoms with Gasteiger partial charge in [-0.1, -0.05) is 41.6 Å². The number of anilines is 1. The van der Waals surface area contributed by atoms with Crippen molar-refractivity contribution in [3.05, 3.63) is 57.7 Å². The van der Waals surface area contributed by atoms with Crippen molar-refractivity contribution in [2.45, 2.75) is 12.8 Å². The number of thiocarbonyl (C=S) groups is 1. The van der Waals surface area contributed by atoms with Crippen LogP contribution in [0.25, 0.3) is 6.08 Å². The number of nitrogens with zero attached hydrogens (tertiary/aromatic N) is 1. The van der Waals surface area contributed by atoms with E-state index in [4.69, 9.17) is 33.3 Å². The van der Waals surface area contributed by atoms with Gasteiger partial charge in [0.1, 0.15) is 10.1 Å². The zero-order valence-corrected chi connectivity index (χ0v) is 18.4. The van der Waals surface area contributed by atoms with Crippen LogP contribution in [0.2, 0.25) is 5.02 Å². The molecule has 2 aliphatic rings. The largest absolute Gasteiger partial charge is 0.454 e. The second-order valence-corrected chi connectivity index (χ2v) is 8.81. The summed E-state index contributed by atoms with van der Waals surface area (Å²) in [7, 11) is 0. The van der Waals surface area contributed by atoms with Crippen molar-refractivity contribution in [3.63, 3.8) is 0 Å². The first-order valence-corrected chi connectivity index (χ1v) is 10.9. The van der Waals surface area contributed by atoms with Crippen LogP contribution in [0.4, 0.5) is 10.1 Å². The van der Waals surface area contributed by atoms with E-state index < -0.39 is 5.82 Å². The second-order valence-electron chi connectivity index (χ2n) is 6.73. The van der Waals surface area contributed by atoms with E-state index in [1.54, 1.807) is 18.2 Å². The molecule has 160 valence electrons. The first-order valence-electron chi connectivity index (χ1n) is 9.30. The minimum atomic E-state index is -0.553. The van der Waals surface area contributed by atoms with Gasteiger partial charge in [0, 0.05) is 18.7 Å². The summed E-state index contributed by atoms with van der Waals surface area (Å²) in [6.45, 7) is 0.503. The molecule has 0 saturated carbocycles. The molecular formula is C21H16ClFN2O4S2. The van der Waals surface area contributed by atoms with E-state index in [9.17, 15) is 14.0 Å². The van der Waals surface area contributed by atoms with Crippen molar-refractivity contribution in [2.75, 3.05) is 18.7 Å². The highest BCUT2D eigenvalue weighted by Gasteiger charge is 2.31. The van der Waals surface area contributed by atoms with E-state index in [1.165, 1.54) is 34.9 Å². The van der Waals surface area contributed by atoms with Crippen LogP contribution in [-0.2, 0) is 9.59 Å². The molecule has 2 aromatic rings. The number of nitrogens with one attached hydrogen (secondary N) is 1. The number of amides is 2. The van der Waals surface area contributed by atoms with Crippen molar-refractivity contribution in [3.8, 4) is 11.5 Å². The minimum Gasteiger partial charge on any atom is -0.454 e. The number of carbonyl (C=O) groups excluding carboxylic acids is 2. The van der Waals surface area contributed by atoms with Gasteiger partial charge in [0.2, 0.25) is 12.7 Å². The molecule has 2 aliphatic heterocycles. The number of hydrogen-bond acceptors (Lipinski definition) is 6. The van der Waals surface area contributed by atoms with Crippen LogP contribution in [0.1, 0.15) is 18.4 Å². The average Bonchev–Trinajstić information content (AvgIpc) is 3.30. The lowest BCUT2D eigenvalue weighted by molar-refractivity contribution is -0.122. The molecule has 10 heteroatoms. The third-order valence-corrected chi connectivity index (χ3v) is 6.22. The van der Waals surface area contributed by atoms with Crippen molar-refractivity contribution in [1.29, 1.82) is 0 Å². The molecule has 2 amide bonds. The summed E-state index contributed by atoms with van der Waals surface area (Å²) >= 11 is 12.3. The van der Waals surface area contributed by atoms with Crippen molar-refractivity contribution in [2.24, 2.45) is 0 Å². The third kappa shape index (κ3) is 5.00. The molecule has 0 atom stereocenters. The fourth-order valence-corrected chi connectivity index (χ4v) is 4.53. The number of rotatable bonds is 6. The smallest absolute Gasteiger partial charge is 0.266 e. The molecule has 2 heterocycles. The molecule has 0 aliphatic carbocycles. The molecule has 0 spiro atoms. The standard InChI is InChI=1S/C21H16ClFN2O4S2/c22-14-10-13(4-5-15(14)23)24-19(26)2-1-7-25-20(27)18(31-21(25)30)9-12-3-6-16-17(8-12)29-11-28-16/h3-6,8-10H,1-2,7,11H2,(H,24,26)/b18-9+. The Kier molecular flexibility index (Phi) is 6.45. The van der Waals surface area contributed by atoms with Gasteiger partial charge in [0.15, 0.2) is 11.5 Å². The second kappa shape index (κ2) is 9.25. The number of carbonyl (C=O) groups is 2. The Labute approximate surface area is 192 Å². The summed E-state index contributed by atoms with van der Waals surface area (Å²) in [6.07, 6.45) is 2.35. The van der Waals surface area contributed by atoms with Crippen LogP contribution < -0.4 is 14.8 Å². The highest BCUT2D eigenvalue weighted by Crippen LogP contribution is 2.36. The lowest BCUT2D eigenvalue weighted by atomic mass is 10.2. The van der Waals surface area contributed by atoms with Gasteiger partial charge in [-0.05, 0) is 48.4 Å². The predicted molar refractivity (Wildman–Crippen MR) is 122 cm³/mol. The fourth-order valence-electron chi connectivity index (χ4n) is 3.04. The molecule has 31 heavy (non-hydrogen) atoms. The number of thioether (sulfide) groups is 1. The molecule has 0 aromatic heterocycles. The van der Waals surface area contributed by atoms with Gasteiger partial charge < -0.3 is 14.8 Å². The Morgan fingerprint density at radius 3 is 2.87 bits per heavy atom. The Bertz CT molecular complexity index is 1110. The Balaban J connectivity index is 1.32. The lowest BCUT2D eigenvalue weighted by Gasteiger charge is -2.14. The number of halogens is 2. The van der Waals surface area contributed by atoms with E-state index in [0.717, 1.165) is 5.56 Å². The number of ether oxygens (including phenoxy) is 2. The van der Waals surface area contributed by atoms with Gasteiger partial charge >= 0.3 is 0 Å². The quantitative estimate of drug-likeness (QED) is 0.474. The summed E-state index contributed by atoms with van der Waals surface area (Å²) in [4.78, 5) is 26.8. The average molecular weight is 479 g/mol. The molecule has 0 unspecified atom stereocenters. The summed E-state index contributed by atoms with van der Waals surface area (Å²) in [5.74, 6) is 0.300. The maximum atomic E-state index is 13.2. The zero-order valence-electron chi connectivity index (χ0n) is 16.0. The van der Waals surface area contributed by atoms with Crippen LogP contribution in [0, 0.1) is 5.82 Å². The van der Waals surface area contributed by atoms with Crippen molar-refractivity contribution >= 4 is 63.5 Å². The topological polar surface area (TPSA) is 67.9 Å². The summed E-state index contributed by atoms with van der Waals surface area (Å²) < 4.78 is 24.3. The zero-order chi connectivity index (χ0) is 22.0. The van der Waals surface area contributed by atoms with E-state index in [0.29, 0.717) is 39.4 Å². The van der Waals surface area contributed by atoms with Crippen LogP contribution in [0.5, 0.6) is 11.5 Å². The molecule has 6 nitrogen and oxygen atoms in total. The molecular weight excluding hydrogens is 463 g/mol. The van der Waals surface area contributed by atoms with Gasteiger partial charge in [0.25, 0.3) is 5.91 Å². The van der Waals surface area contributed by atoms with Gasteiger partial charge in [-0.3, -0.25) is 14.5 Å². The van der Waals surface area contributed by atoms with Gasteiger partial charge in [-0.2, -0.15) is 0 Å². The normalized spacial score (nSPS) is 16.3. The Morgan fingerprint density at radius 2 is 2.06 bits per heavy atom. The third-order valence-electron chi connectivity index (χ3n) is 4.56. The predicted octanol–water partition coefficient (Wildman–Crippen LogP) is 4.83. The molecule has 1 N–H and O–H groups in total. The van der Waals surface area contributed by atoms with E-state index in [-0.39, 0.29) is 30.1 Å². The van der Waals surface area contributed by atoms with Crippen LogP contribution in [-0.4, -0.2) is 34.4 Å². The highest BCUT2D eigenvalue weighted by molar-refractivity contribution is 8.26. The molecule has 1 saturated heterocycles. The Morgan fingerprint density at radius 1 is 1.26 bits per heavy atom. The lowest BCUT2D eigenvalue weighted by Crippen LogP contribution is -2.29. The summed E-state index contributed by atoms with van der Waals surface area (Å²) in [5, 5.41) is 2.59. The van der Waals surface area contributed by atoms with Crippen LogP contribution >= 0.6 is 35.6 Å². The summed E-state index contributed by atoms with van der Waals surface area (Å²) in [5.41, 5.74) is 1.22. The first-order chi connectivity index (χ1) is 14.9. The molecule has 2 aromatic carbocycles. The maximum Gasteiger partial charge on any atom is 0.266 e. The minimum absolute atomic E-state index is 0.0652. The first kappa shape index (κ1) is 21.6. The highest BCUT2D eigenvalue weighted by atomic mass is 35.5. The van der Waals surface area contributed by atoms with Gasteiger partial charge in [-0.25, -0.2) is 4.39 Å². The Hall–Kier alpha value is -2.62. The molecule has 4 rings (SSSR count). The SMILES string of the molecule is O=C(CCCN1C(=O)/C(=C\c2ccc3c(c2)OCO3)SC1=S)Nc1ccc(F)c(Cl)c1. The van der Waals surface area contributed by atoms with E-state index in [2.05, 4.69) is 5.32 Å². The number of benzene rings is 2. The maximum absolute atomic E-state index is 13.2.